The zero-order chi connectivity index (χ0) is 13.0. The molecule has 2 rings (SSSR count). The Morgan fingerprint density at radius 3 is 2.72 bits per heavy atom. The Bertz CT molecular complexity index is 414. The third kappa shape index (κ3) is 3.42. The zero-order valence-electron chi connectivity index (χ0n) is 10.6. The molecule has 1 aromatic heterocycles. The molecule has 0 radical (unpaired) electrons. The largest absolute Gasteiger partial charge is 0.481 e. The quantitative estimate of drug-likeness (QED) is 0.854. The maximum atomic E-state index is 10.8. The van der Waals surface area contributed by atoms with Crippen molar-refractivity contribution in [2.75, 3.05) is 11.9 Å². The van der Waals surface area contributed by atoms with Crippen molar-refractivity contribution in [3.05, 3.63) is 18.1 Å². The van der Waals surface area contributed by atoms with Crippen LogP contribution in [0.25, 0.3) is 0 Å². The number of aryl methyl sites for hydroxylation is 1. The molecule has 2 N–H and O–H groups in total. The highest BCUT2D eigenvalue weighted by molar-refractivity contribution is 5.69. The number of nitrogens with one attached hydrogen (secondary N) is 1. The fourth-order valence-electron chi connectivity index (χ4n) is 2.41. The van der Waals surface area contributed by atoms with Crippen molar-refractivity contribution in [2.45, 2.75) is 32.6 Å². The van der Waals surface area contributed by atoms with Gasteiger partial charge in [0, 0.05) is 18.3 Å². The Balaban J connectivity index is 1.77. The van der Waals surface area contributed by atoms with E-state index in [1.165, 1.54) is 0 Å². The van der Waals surface area contributed by atoms with E-state index in [0.29, 0.717) is 5.92 Å². The summed E-state index contributed by atoms with van der Waals surface area (Å²) in [5.74, 6) is 0.620. The van der Waals surface area contributed by atoms with Crippen molar-refractivity contribution < 1.29 is 9.90 Å². The normalized spacial score (nSPS) is 23.6. The van der Waals surface area contributed by atoms with Crippen molar-refractivity contribution in [3.8, 4) is 0 Å². The Kier molecular flexibility index (Phi) is 4.12. The van der Waals surface area contributed by atoms with Crippen LogP contribution >= 0.6 is 0 Å². The van der Waals surface area contributed by atoms with Gasteiger partial charge in [0.05, 0.1) is 5.92 Å². The minimum atomic E-state index is -0.646. The van der Waals surface area contributed by atoms with Crippen LogP contribution in [0.2, 0.25) is 0 Å². The Hall–Kier alpha value is -1.65. The standard InChI is InChI=1S/C13H19N3O2/c1-9-6-12(16-8-15-9)14-7-10-2-4-11(5-3-10)13(17)18/h6,8,10-11H,2-5,7H2,1H3,(H,17,18)(H,14,15,16). The van der Waals surface area contributed by atoms with Gasteiger partial charge in [-0.25, -0.2) is 9.97 Å². The minimum Gasteiger partial charge on any atom is -0.481 e. The summed E-state index contributed by atoms with van der Waals surface area (Å²) in [6.07, 6.45) is 5.11. The average molecular weight is 249 g/mol. The molecule has 0 saturated heterocycles. The zero-order valence-corrected chi connectivity index (χ0v) is 10.6. The molecule has 1 aliphatic rings. The van der Waals surface area contributed by atoms with Gasteiger partial charge in [0.25, 0.3) is 0 Å². The van der Waals surface area contributed by atoms with Gasteiger partial charge in [-0.15, -0.1) is 0 Å². The second-order valence-corrected chi connectivity index (χ2v) is 4.98. The first-order valence-electron chi connectivity index (χ1n) is 6.40. The lowest BCUT2D eigenvalue weighted by Crippen LogP contribution is -2.25. The molecular weight excluding hydrogens is 230 g/mol. The van der Waals surface area contributed by atoms with Gasteiger partial charge in [-0.1, -0.05) is 0 Å². The SMILES string of the molecule is Cc1cc(NCC2CCC(C(=O)O)CC2)ncn1. The highest BCUT2D eigenvalue weighted by Gasteiger charge is 2.25. The summed E-state index contributed by atoms with van der Waals surface area (Å²) in [7, 11) is 0. The van der Waals surface area contributed by atoms with Crippen LogP contribution in [0.3, 0.4) is 0 Å². The molecule has 0 aliphatic heterocycles. The van der Waals surface area contributed by atoms with Gasteiger partial charge in [-0.05, 0) is 38.5 Å². The number of aliphatic carboxylic acids is 1. The average Bonchev–Trinajstić information content (AvgIpc) is 2.37. The number of rotatable bonds is 4. The Morgan fingerprint density at radius 1 is 1.39 bits per heavy atom. The van der Waals surface area contributed by atoms with Crippen molar-refractivity contribution in [1.82, 2.24) is 9.97 Å². The lowest BCUT2D eigenvalue weighted by atomic mass is 9.82. The monoisotopic (exact) mass is 249 g/mol. The van der Waals surface area contributed by atoms with Crippen LogP contribution in [0.15, 0.2) is 12.4 Å². The topological polar surface area (TPSA) is 75.1 Å². The molecule has 1 saturated carbocycles. The molecule has 0 bridgehead atoms. The second kappa shape index (κ2) is 5.80. The second-order valence-electron chi connectivity index (χ2n) is 4.98. The lowest BCUT2D eigenvalue weighted by molar-refractivity contribution is -0.143. The van der Waals surface area contributed by atoms with E-state index < -0.39 is 5.97 Å². The molecule has 0 amide bonds. The van der Waals surface area contributed by atoms with Gasteiger partial charge < -0.3 is 10.4 Å². The number of anilines is 1. The summed E-state index contributed by atoms with van der Waals surface area (Å²) in [5.41, 5.74) is 0.946. The van der Waals surface area contributed by atoms with E-state index in [9.17, 15) is 4.79 Å². The van der Waals surface area contributed by atoms with Crippen LogP contribution in [0, 0.1) is 18.8 Å². The van der Waals surface area contributed by atoms with Gasteiger partial charge >= 0.3 is 5.97 Å². The van der Waals surface area contributed by atoms with Crippen LogP contribution in [0.5, 0.6) is 0 Å². The van der Waals surface area contributed by atoms with Crippen LogP contribution in [0.1, 0.15) is 31.4 Å². The first-order chi connectivity index (χ1) is 8.65. The Labute approximate surface area is 107 Å². The maximum Gasteiger partial charge on any atom is 0.306 e. The van der Waals surface area contributed by atoms with Gasteiger partial charge in [-0.3, -0.25) is 4.79 Å². The van der Waals surface area contributed by atoms with Crippen molar-refractivity contribution in [3.63, 3.8) is 0 Å². The molecule has 0 unspecified atom stereocenters. The summed E-state index contributed by atoms with van der Waals surface area (Å²) in [5, 5.41) is 12.2. The molecule has 0 atom stereocenters. The number of carbonyl (C=O) groups is 1. The van der Waals surface area contributed by atoms with Crippen LogP contribution in [-0.4, -0.2) is 27.6 Å². The van der Waals surface area contributed by atoms with E-state index in [-0.39, 0.29) is 5.92 Å². The molecule has 1 aromatic rings. The van der Waals surface area contributed by atoms with Crippen molar-refractivity contribution in [1.29, 1.82) is 0 Å². The highest BCUT2D eigenvalue weighted by Crippen LogP contribution is 2.28. The number of nitrogens with zero attached hydrogens (tertiary/aromatic N) is 2. The number of carboxylic acid groups (broad SMARTS) is 1. The van der Waals surface area contributed by atoms with Gasteiger partial charge in [0.1, 0.15) is 12.1 Å². The van der Waals surface area contributed by atoms with Crippen LogP contribution < -0.4 is 5.32 Å². The van der Waals surface area contributed by atoms with E-state index in [0.717, 1.165) is 43.7 Å². The molecule has 1 aliphatic carbocycles. The van der Waals surface area contributed by atoms with Gasteiger partial charge in [0.15, 0.2) is 0 Å². The number of aromatic nitrogens is 2. The van der Waals surface area contributed by atoms with E-state index in [1.54, 1.807) is 6.33 Å². The van der Waals surface area contributed by atoms with Crippen molar-refractivity contribution >= 4 is 11.8 Å². The van der Waals surface area contributed by atoms with Gasteiger partial charge in [-0.2, -0.15) is 0 Å². The maximum absolute atomic E-state index is 10.8. The summed E-state index contributed by atoms with van der Waals surface area (Å²) in [4.78, 5) is 19.0. The molecular formula is C13H19N3O2. The molecule has 98 valence electrons. The van der Waals surface area contributed by atoms with Crippen LogP contribution in [-0.2, 0) is 4.79 Å². The summed E-state index contributed by atoms with van der Waals surface area (Å²) < 4.78 is 0. The fourth-order valence-corrected chi connectivity index (χ4v) is 2.41. The van der Waals surface area contributed by atoms with Gasteiger partial charge in [0.2, 0.25) is 0 Å². The molecule has 0 aromatic carbocycles. The molecule has 1 heterocycles. The summed E-state index contributed by atoms with van der Waals surface area (Å²) in [6, 6.07) is 1.92. The summed E-state index contributed by atoms with van der Waals surface area (Å²) in [6.45, 7) is 2.80. The lowest BCUT2D eigenvalue weighted by Gasteiger charge is -2.26. The molecule has 5 nitrogen and oxygen atoms in total. The first kappa shape index (κ1) is 12.8. The first-order valence-corrected chi connectivity index (χ1v) is 6.40. The fraction of sp³-hybridized carbons (Fsp3) is 0.615. The van der Waals surface area contributed by atoms with Crippen molar-refractivity contribution in [2.24, 2.45) is 11.8 Å². The highest BCUT2D eigenvalue weighted by atomic mass is 16.4. The van der Waals surface area contributed by atoms with E-state index in [4.69, 9.17) is 5.11 Å². The molecule has 1 fully saturated rings. The van der Waals surface area contributed by atoms with E-state index in [1.807, 2.05) is 13.0 Å². The number of hydrogen-bond donors (Lipinski definition) is 2. The van der Waals surface area contributed by atoms with Crippen LogP contribution in [0.4, 0.5) is 5.82 Å². The van der Waals surface area contributed by atoms with E-state index in [2.05, 4.69) is 15.3 Å². The number of carboxylic acids is 1. The predicted molar refractivity (Wildman–Crippen MR) is 68.3 cm³/mol. The third-order valence-electron chi connectivity index (χ3n) is 3.57. The molecule has 18 heavy (non-hydrogen) atoms. The number of hydrogen-bond acceptors (Lipinski definition) is 4. The third-order valence-corrected chi connectivity index (χ3v) is 3.57. The minimum absolute atomic E-state index is 0.137. The van der Waals surface area contributed by atoms with E-state index >= 15 is 0 Å². The predicted octanol–water partition coefficient (Wildman–Crippen LogP) is 2.09. The smallest absolute Gasteiger partial charge is 0.306 e. The molecule has 5 heteroatoms. The molecule has 0 spiro atoms. The Morgan fingerprint density at radius 2 is 2.11 bits per heavy atom. The summed E-state index contributed by atoms with van der Waals surface area (Å²) >= 11 is 0.